The SMILES string of the molecule is CNCCc1ccc(S(=O)(=O)NCc2ccon2)cc1. The second kappa shape index (κ2) is 6.65. The highest BCUT2D eigenvalue weighted by molar-refractivity contribution is 7.89. The molecule has 7 heteroatoms. The molecule has 108 valence electrons. The minimum atomic E-state index is -3.52. The largest absolute Gasteiger partial charge is 0.364 e. The number of rotatable bonds is 7. The molecule has 0 fully saturated rings. The average Bonchev–Trinajstić information content (AvgIpc) is 2.97. The van der Waals surface area contributed by atoms with E-state index in [0.29, 0.717) is 5.69 Å². The van der Waals surface area contributed by atoms with E-state index in [1.54, 1.807) is 18.2 Å². The molecule has 0 spiro atoms. The van der Waals surface area contributed by atoms with Crippen LogP contribution in [0.2, 0.25) is 0 Å². The normalized spacial score (nSPS) is 11.7. The summed E-state index contributed by atoms with van der Waals surface area (Å²) in [5.41, 5.74) is 1.63. The molecule has 0 aliphatic carbocycles. The molecule has 0 unspecified atom stereocenters. The molecule has 1 aromatic carbocycles. The van der Waals surface area contributed by atoms with Crippen LogP contribution in [0.1, 0.15) is 11.3 Å². The van der Waals surface area contributed by atoms with Crippen LogP contribution in [0.3, 0.4) is 0 Å². The van der Waals surface area contributed by atoms with E-state index in [1.165, 1.54) is 6.26 Å². The van der Waals surface area contributed by atoms with Crippen molar-refractivity contribution in [3.8, 4) is 0 Å². The molecule has 1 aromatic heterocycles. The number of benzene rings is 1. The van der Waals surface area contributed by atoms with Crippen LogP contribution in [0.4, 0.5) is 0 Å². The van der Waals surface area contributed by atoms with Gasteiger partial charge >= 0.3 is 0 Å². The van der Waals surface area contributed by atoms with Gasteiger partial charge in [0.1, 0.15) is 6.26 Å². The molecule has 6 nitrogen and oxygen atoms in total. The minimum Gasteiger partial charge on any atom is -0.364 e. The fraction of sp³-hybridized carbons (Fsp3) is 0.308. The van der Waals surface area contributed by atoms with Gasteiger partial charge in [0.05, 0.1) is 17.1 Å². The third-order valence-electron chi connectivity index (χ3n) is 2.83. The molecule has 0 saturated carbocycles. The van der Waals surface area contributed by atoms with E-state index in [0.717, 1.165) is 18.5 Å². The van der Waals surface area contributed by atoms with Gasteiger partial charge in [-0.1, -0.05) is 17.3 Å². The summed E-state index contributed by atoms with van der Waals surface area (Å²) in [7, 11) is -1.64. The first-order chi connectivity index (χ1) is 9.62. The molecule has 2 N–H and O–H groups in total. The van der Waals surface area contributed by atoms with Crippen LogP contribution in [0.15, 0.2) is 46.0 Å². The van der Waals surface area contributed by atoms with E-state index in [2.05, 4.69) is 19.7 Å². The quantitative estimate of drug-likeness (QED) is 0.793. The lowest BCUT2D eigenvalue weighted by molar-refractivity contribution is 0.411. The molecule has 0 aliphatic heterocycles. The van der Waals surface area contributed by atoms with Crippen molar-refractivity contribution < 1.29 is 12.9 Å². The zero-order chi connectivity index (χ0) is 14.4. The Bertz CT molecular complexity index is 621. The topological polar surface area (TPSA) is 84.2 Å². The first-order valence-electron chi connectivity index (χ1n) is 6.24. The maximum atomic E-state index is 12.1. The highest BCUT2D eigenvalue weighted by Gasteiger charge is 2.14. The van der Waals surface area contributed by atoms with Crippen molar-refractivity contribution >= 4 is 10.0 Å². The summed E-state index contributed by atoms with van der Waals surface area (Å²) in [6, 6.07) is 8.47. The predicted molar refractivity (Wildman–Crippen MR) is 74.6 cm³/mol. The lowest BCUT2D eigenvalue weighted by Crippen LogP contribution is -2.23. The van der Waals surface area contributed by atoms with Crippen LogP contribution in [-0.4, -0.2) is 27.2 Å². The van der Waals surface area contributed by atoms with Gasteiger partial charge < -0.3 is 9.84 Å². The number of aromatic nitrogens is 1. The number of nitrogens with one attached hydrogen (secondary N) is 2. The number of hydrogen-bond acceptors (Lipinski definition) is 5. The Morgan fingerprint density at radius 1 is 1.20 bits per heavy atom. The summed E-state index contributed by atoms with van der Waals surface area (Å²) in [5, 5.41) is 6.70. The number of likely N-dealkylation sites (N-methyl/N-ethyl adjacent to an activating group) is 1. The highest BCUT2D eigenvalue weighted by Crippen LogP contribution is 2.11. The van der Waals surface area contributed by atoms with E-state index in [-0.39, 0.29) is 11.4 Å². The summed E-state index contributed by atoms with van der Waals surface area (Å²) in [6.45, 7) is 0.969. The molecular formula is C13H17N3O3S. The monoisotopic (exact) mass is 295 g/mol. The van der Waals surface area contributed by atoms with E-state index < -0.39 is 10.0 Å². The fourth-order valence-electron chi connectivity index (χ4n) is 1.69. The third kappa shape index (κ3) is 3.89. The van der Waals surface area contributed by atoms with Crippen LogP contribution >= 0.6 is 0 Å². The summed E-state index contributed by atoms with van der Waals surface area (Å²) in [4.78, 5) is 0.245. The van der Waals surface area contributed by atoms with Crippen molar-refractivity contribution in [2.45, 2.75) is 17.9 Å². The van der Waals surface area contributed by atoms with Gasteiger partial charge in [0.2, 0.25) is 10.0 Å². The Kier molecular flexibility index (Phi) is 4.89. The van der Waals surface area contributed by atoms with Crippen molar-refractivity contribution in [1.29, 1.82) is 0 Å². The standard InChI is InChI=1S/C13H17N3O3S/c1-14-8-6-11-2-4-13(5-3-11)20(17,18)15-10-12-7-9-19-16-12/h2-5,7,9,14-15H,6,8,10H2,1H3. The maximum Gasteiger partial charge on any atom is 0.240 e. The van der Waals surface area contributed by atoms with Crippen molar-refractivity contribution in [2.24, 2.45) is 0 Å². The fourth-order valence-corrected chi connectivity index (χ4v) is 2.68. The van der Waals surface area contributed by atoms with Gasteiger partial charge in [0.15, 0.2) is 0 Å². The van der Waals surface area contributed by atoms with Crippen molar-refractivity contribution in [3.63, 3.8) is 0 Å². The average molecular weight is 295 g/mol. The summed E-state index contributed by atoms with van der Waals surface area (Å²) in [5.74, 6) is 0. The molecule has 0 amide bonds. The van der Waals surface area contributed by atoms with Gasteiger partial charge in [-0.15, -0.1) is 0 Å². The molecular weight excluding hydrogens is 278 g/mol. The highest BCUT2D eigenvalue weighted by atomic mass is 32.2. The summed E-state index contributed by atoms with van der Waals surface area (Å²) < 4.78 is 31.3. The first kappa shape index (κ1) is 14.7. The van der Waals surface area contributed by atoms with Gasteiger partial charge in [0, 0.05) is 6.07 Å². The van der Waals surface area contributed by atoms with Gasteiger partial charge in [-0.3, -0.25) is 0 Å². The van der Waals surface area contributed by atoms with E-state index >= 15 is 0 Å². The van der Waals surface area contributed by atoms with E-state index in [1.807, 2.05) is 19.2 Å². The lowest BCUT2D eigenvalue weighted by Gasteiger charge is -2.06. The molecule has 20 heavy (non-hydrogen) atoms. The number of nitrogens with zero attached hydrogens (tertiary/aromatic N) is 1. The van der Waals surface area contributed by atoms with Crippen molar-refractivity contribution in [2.75, 3.05) is 13.6 Å². The van der Waals surface area contributed by atoms with E-state index in [9.17, 15) is 8.42 Å². The van der Waals surface area contributed by atoms with Gasteiger partial charge in [-0.2, -0.15) is 0 Å². The van der Waals surface area contributed by atoms with Gasteiger partial charge in [-0.25, -0.2) is 13.1 Å². The number of sulfonamides is 1. The Labute approximate surface area is 118 Å². The molecule has 0 atom stereocenters. The molecule has 0 bridgehead atoms. The third-order valence-corrected chi connectivity index (χ3v) is 4.25. The smallest absolute Gasteiger partial charge is 0.240 e. The number of hydrogen-bond donors (Lipinski definition) is 2. The van der Waals surface area contributed by atoms with Gasteiger partial charge in [0.25, 0.3) is 0 Å². The van der Waals surface area contributed by atoms with Crippen LogP contribution in [0.25, 0.3) is 0 Å². The van der Waals surface area contributed by atoms with E-state index in [4.69, 9.17) is 0 Å². The molecule has 0 saturated heterocycles. The molecule has 0 radical (unpaired) electrons. The zero-order valence-corrected chi connectivity index (χ0v) is 12.0. The van der Waals surface area contributed by atoms with Crippen molar-refractivity contribution in [1.82, 2.24) is 15.2 Å². The van der Waals surface area contributed by atoms with Crippen LogP contribution < -0.4 is 10.0 Å². The predicted octanol–water partition coefficient (Wildman–Crippen LogP) is 0.915. The Morgan fingerprint density at radius 3 is 2.55 bits per heavy atom. The maximum absolute atomic E-state index is 12.1. The molecule has 0 aliphatic rings. The van der Waals surface area contributed by atoms with Crippen LogP contribution in [-0.2, 0) is 23.0 Å². The Hall–Kier alpha value is -1.70. The molecule has 1 heterocycles. The van der Waals surface area contributed by atoms with Crippen molar-refractivity contribution in [3.05, 3.63) is 47.9 Å². The second-order valence-corrected chi connectivity index (χ2v) is 6.08. The first-order valence-corrected chi connectivity index (χ1v) is 7.72. The Balaban J connectivity index is 2.01. The molecule has 2 rings (SSSR count). The summed E-state index contributed by atoms with van der Waals surface area (Å²) in [6.07, 6.45) is 2.27. The van der Waals surface area contributed by atoms with Crippen LogP contribution in [0, 0.1) is 0 Å². The lowest BCUT2D eigenvalue weighted by atomic mass is 10.1. The second-order valence-electron chi connectivity index (χ2n) is 4.31. The zero-order valence-electron chi connectivity index (χ0n) is 11.2. The summed E-state index contributed by atoms with van der Waals surface area (Å²) >= 11 is 0. The van der Waals surface area contributed by atoms with Crippen LogP contribution in [0.5, 0.6) is 0 Å². The van der Waals surface area contributed by atoms with Gasteiger partial charge in [-0.05, 0) is 37.7 Å². The molecule has 2 aromatic rings. The Morgan fingerprint density at radius 2 is 1.95 bits per heavy atom. The minimum absolute atomic E-state index is 0.111.